The quantitative estimate of drug-likeness (QED) is 0.477. The normalized spacial score (nSPS) is 9.77. The van der Waals surface area contributed by atoms with E-state index in [1.54, 1.807) is 12.1 Å². The topological polar surface area (TPSA) is 82.3 Å². The summed E-state index contributed by atoms with van der Waals surface area (Å²) in [7, 11) is 0. The fraction of sp³-hybridized carbons (Fsp3) is 0.308. The number of benzene rings is 1. The highest BCUT2D eigenvalue weighted by Crippen LogP contribution is 2.25. The van der Waals surface area contributed by atoms with E-state index in [-0.39, 0.29) is 24.7 Å². The van der Waals surface area contributed by atoms with E-state index in [1.807, 2.05) is 6.92 Å². The van der Waals surface area contributed by atoms with Crippen LogP contribution in [0.1, 0.15) is 19.8 Å². The number of carbonyl (C=O) groups is 2. The number of hydrogen-bond acceptors (Lipinski definition) is 3. The number of thiocarbonyl (C=S) groups is 1. The molecule has 0 spiro atoms. The number of amides is 2. The Kier molecular flexibility index (Phi) is 7.94. The second kappa shape index (κ2) is 9.45. The maximum atomic E-state index is 11.8. The van der Waals surface area contributed by atoms with Crippen molar-refractivity contribution in [3.8, 4) is 0 Å². The van der Waals surface area contributed by atoms with E-state index in [0.717, 1.165) is 0 Å². The minimum atomic E-state index is -0.349. The maximum absolute atomic E-state index is 11.8. The molecule has 22 heavy (non-hydrogen) atoms. The molecule has 0 atom stereocenters. The molecule has 0 aromatic heterocycles. The molecule has 1 aromatic carbocycles. The Morgan fingerprint density at radius 1 is 1.14 bits per heavy atom. The van der Waals surface area contributed by atoms with Gasteiger partial charge in [-0.3, -0.25) is 20.4 Å². The molecule has 0 saturated heterocycles. The van der Waals surface area contributed by atoms with Crippen LogP contribution in [0.2, 0.25) is 10.0 Å². The van der Waals surface area contributed by atoms with Crippen LogP contribution in [0.3, 0.4) is 0 Å². The molecule has 0 aliphatic carbocycles. The minimum absolute atomic E-state index is 0.0127. The second-order valence-electron chi connectivity index (χ2n) is 4.20. The van der Waals surface area contributed by atoms with Crippen LogP contribution in [-0.2, 0) is 9.59 Å². The van der Waals surface area contributed by atoms with Crippen LogP contribution in [0.5, 0.6) is 0 Å². The van der Waals surface area contributed by atoms with Crippen molar-refractivity contribution in [3.05, 3.63) is 28.2 Å². The number of hydrogen-bond donors (Lipinski definition) is 4. The van der Waals surface area contributed by atoms with Crippen LogP contribution in [0.4, 0.5) is 5.69 Å². The lowest BCUT2D eigenvalue weighted by Crippen LogP contribution is -2.46. The molecule has 0 saturated carbocycles. The van der Waals surface area contributed by atoms with E-state index in [1.165, 1.54) is 6.07 Å². The zero-order valence-electron chi connectivity index (χ0n) is 11.8. The molecule has 0 fully saturated rings. The van der Waals surface area contributed by atoms with E-state index in [0.29, 0.717) is 27.4 Å². The van der Waals surface area contributed by atoms with Gasteiger partial charge in [0.1, 0.15) is 0 Å². The van der Waals surface area contributed by atoms with Gasteiger partial charge in [0.25, 0.3) is 0 Å². The summed E-state index contributed by atoms with van der Waals surface area (Å²) in [4.78, 5) is 23.3. The van der Waals surface area contributed by atoms with Crippen molar-refractivity contribution in [2.45, 2.75) is 19.8 Å². The first-order valence-electron chi connectivity index (χ1n) is 6.50. The smallest absolute Gasteiger partial charge is 0.238 e. The lowest BCUT2D eigenvalue weighted by Gasteiger charge is -2.10. The van der Waals surface area contributed by atoms with Gasteiger partial charge in [0.2, 0.25) is 11.8 Å². The fourth-order valence-electron chi connectivity index (χ4n) is 1.42. The van der Waals surface area contributed by atoms with Gasteiger partial charge >= 0.3 is 0 Å². The van der Waals surface area contributed by atoms with Crippen molar-refractivity contribution in [1.29, 1.82) is 0 Å². The molecular weight excluding hydrogens is 347 g/mol. The molecule has 2 amide bonds. The van der Waals surface area contributed by atoms with Crippen LogP contribution in [-0.4, -0.2) is 23.5 Å². The highest BCUT2D eigenvalue weighted by Gasteiger charge is 2.09. The SMILES string of the molecule is CCNC(=S)NNC(=O)CCC(=O)Nc1ccc(Cl)cc1Cl. The lowest BCUT2D eigenvalue weighted by molar-refractivity contribution is -0.124. The minimum Gasteiger partial charge on any atom is -0.362 e. The summed E-state index contributed by atoms with van der Waals surface area (Å²) >= 11 is 16.6. The molecule has 1 aromatic rings. The Morgan fingerprint density at radius 3 is 2.45 bits per heavy atom. The Hall–Kier alpha value is -1.57. The van der Waals surface area contributed by atoms with Gasteiger partial charge in [0.15, 0.2) is 5.11 Å². The number of halogens is 2. The fourth-order valence-corrected chi connectivity index (χ4v) is 2.08. The highest BCUT2D eigenvalue weighted by molar-refractivity contribution is 7.80. The molecule has 1 rings (SSSR count). The molecular formula is C13H16Cl2N4O2S. The predicted octanol–water partition coefficient (Wildman–Crippen LogP) is 2.23. The van der Waals surface area contributed by atoms with Crippen LogP contribution < -0.4 is 21.5 Å². The molecule has 0 heterocycles. The zero-order valence-corrected chi connectivity index (χ0v) is 14.2. The van der Waals surface area contributed by atoms with Crippen molar-refractivity contribution in [2.24, 2.45) is 0 Å². The van der Waals surface area contributed by atoms with Gasteiger partial charge in [-0.25, -0.2) is 0 Å². The molecule has 0 aliphatic heterocycles. The zero-order chi connectivity index (χ0) is 16.5. The van der Waals surface area contributed by atoms with Crippen LogP contribution in [0.25, 0.3) is 0 Å². The van der Waals surface area contributed by atoms with Crippen molar-refractivity contribution >= 4 is 58.0 Å². The van der Waals surface area contributed by atoms with Crippen LogP contribution in [0, 0.1) is 0 Å². The van der Waals surface area contributed by atoms with Gasteiger partial charge in [-0.15, -0.1) is 0 Å². The lowest BCUT2D eigenvalue weighted by atomic mass is 10.2. The summed E-state index contributed by atoms with van der Waals surface area (Å²) in [5.74, 6) is -0.675. The molecule has 4 N–H and O–H groups in total. The first-order valence-corrected chi connectivity index (χ1v) is 7.66. The largest absolute Gasteiger partial charge is 0.362 e. The van der Waals surface area contributed by atoms with Crippen molar-refractivity contribution in [2.75, 3.05) is 11.9 Å². The van der Waals surface area contributed by atoms with Crippen LogP contribution >= 0.6 is 35.4 Å². The third-order valence-corrected chi connectivity index (χ3v) is 3.23. The van der Waals surface area contributed by atoms with E-state index in [2.05, 4.69) is 21.5 Å². The third kappa shape index (κ3) is 6.93. The van der Waals surface area contributed by atoms with E-state index < -0.39 is 0 Å². The Labute approximate surface area is 143 Å². The molecule has 120 valence electrons. The van der Waals surface area contributed by atoms with Gasteiger partial charge in [-0.2, -0.15) is 0 Å². The summed E-state index contributed by atoms with van der Waals surface area (Å²) in [6.45, 7) is 2.52. The van der Waals surface area contributed by atoms with Crippen molar-refractivity contribution in [3.63, 3.8) is 0 Å². The van der Waals surface area contributed by atoms with Gasteiger partial charge in [-0.05, 0) is 37.3 Å². The van der Waals surface area contributed by atoms with E-state index in [9.17, 15) is 9.59 Å². The van der Waals surface area contributed by atoms with Crippen molar-refractivity contribution < 1.29 is 9.59 Å². The van der Waals surface area contributed by atoms with E-state index >= 15 is 0 Å². The second-order valence-corrected chi connectivity index (χ2v) is 5.46. The first-order chi connectivity index (χ1) is 10.4. The Balaban J connectivity index is 2.33. The molecule has 0 bridgehead atoms. The number of nitrogens with one attached hydrogen (secondary N) is 4. The third-order valence-electron chi connectivity index (χ3n) is 2.44. The Morgan fingerprint density at radius 2 is 1.82 bits per heavy atom. The maximum Gasteiger partial charge on any atom is 0.238 e. The van der Waals surface area contributed by atoms with Crippen LogP contribution in [0.15, 0.2) is 18.2 Å². The van der Waals surface area contributed by atoms with Gasteiger partial charge < -0.3 is 10.6 Å². The number of anilines is 1. The first kappa shape index (κ1) is 18.5. The highest BCUT2D eigenvalue weighted by atomic mass is 35.5. The van der Waals surface area contributed by atoms with Crippen molar-refractivity contribution in [1.82, 2.24) is 16.2 Å². The summed E-state index contributed by atoms with van der Waals surface area (Å²) < 4.78 is 0. The number of rotatable bonds is 5. The summed E-state index contributed by atoms with van der Waals surface area (Å²) in [6, 6.07) is 4.73. The average Bonchev–Trinajstić information content (AvgIpc) is 2.46. The summed E-state index contributed by atoms with van der Waals surface area (Å²) in [5, 5.41) is 6.55. The molecule has 6 nitrogen and oxygen atoms in total. The van der Waals surface area contributed by atoms with Gasteiger partial charge in [-0.1, -0.05) is 23.2 Å². The average molecular weight is 363 g/mol. The molecule has 0 unspecified atom stereocenters. The molecule has 0 aliphatic rings. The predicted molar refractivity (Wildman–Crippen MR) is 91.9 cm³/mol. The molecule has 0 radical (unpaired) electrons. The number of carbonyl (C=O) groups excluding carboxylic acids is 2. The van der Waals surface area contributed by atoms with Gasteiger partial charge in [0.05, 0.1) is 10.7 Å². The Bertz CT molecular complexity index is 569. The van der Waals surface area contributed by atoms with Gasteiger partial charge in [0, 0.05) is 24.4 Å². The number of hydrazine groups is 1. The monoisotopic (exact) mass is 362 g/mol. The summed E-state index contributed by atoms with van der Waals surface area (Å²) in [6.07, 6.45) is 0.0270. The van der Waals surface area contributed by atoms with E-state index in [4.69, 9.17) is 35.4 Å². The standard InChI is InChI=1S/C13H16Cl2N4O2S/c1-2-16-13(22)19-18-12(21)6-5-11(20)17-10-4-3-8(14)7-9(10)15/h3-4,7H,2,5-6H2,1H3,(H,17,20)(H,18,21)(H2,16,19,22). The summed E-state index contributed by atoms with van der Waals surface area (Å²) in [5.41, 5.74) is 5.36. The molecule has 9 heteroatoms.